The standard InChI is InChI=1S/C18H23NO3S/c1-14-6-7-18(22-14)16-5-3-4-15(12-16)13-19(2)17-8-10-23(20,21)11-9-17/h3-7,12,17H,8-11,13H2,1-2H3. The van der Waals surface area contributed by atoms with Gasteiger partial charge < -0.3 is 4.42 Å². The molecule has 2 aromatic rings. The number of benzene rings is 1. The van der Waals surface area contributed by atoms with Crippen molar-refractivity contribution in [3.05, 3.63) is 47.7 Å². The lowest BCUT2D eigenvalue weighted by atomic mass is 10.1. The van der Waals surface area contributed by atoms with Gasteiger partial charge in [-0.1, -0.05) is 18.2 Å². The molecule has 4 nitrogen and oxygen atoms in total. The van der Waals surface area contributed by atoms with Crippen LogP contribution < -0.4 is 0 Å². The number of hydrogen-bond donors (Lipinski definition) is 0. The van der Waals surface area contributed by atoms with Gasteiger partial charge in [-0.2, -0.15) is 0 Å². The van der Waals surface area contributed by atoms with E-state index in [0.29, 0.717) is 17.5 Å². The average Bonchev–Trinajstić information content (AvgIpc) is 2.94. The van der Waals surface area contributed by atoms with Gasteiger partial charge in [0.25, 0.3) is 0 Å². The van der Waals surface area contributed by atoms with Crippen molar-refractivity contribution in [1.29, 1.82) is 0 Å². The first-order valence-corrected chi connectivity index (χ1v) is 9.81. The van der Waals surface area contributed by atoms with Gasteiger partial charge in [0.1, 0.15) is 21.4 Å². The lowest BCUT2D eigenvalue weighted by Gasteiger charge is -2.31. The predicted molar refractivity (Wildman–Crippen MR) is 92.0 cm³/mol. The number of aryl methyl sites for hydroxylation is 1. The van der Waals surface area contributed by atoms with Gasteiger partial charge in [0.2, 0.25) is 0 Å². The van der Waals surface area contributed by atoms with Gasteiger partial charge in [0.05, 0.1) is 11.5 Å². The highest BCUT2D eigenvalue weighted by atomic mass is 32.2. The Morgan fingerprint density at radius 2 is 1.91 bits per heavy atom. The van der Waals surface area contributed by atoms with Crippen molar-refractivity contribution in [2.45, 2.75) is 32.4 Å². The van der Waals surface area contributed by atoms with Crippen LogP contribution >= 0.6 is 0 Å². The average molecular weight is 333 g/mol. The van der Waals surface area contributed by atoms with Crippen LogP contribution in [0.15, 0.2) is 40.8 Å². The van der Waals surface area contributed by atoms with Gasteiger partial charge in [-0.3, -0.25) is 4.90 Å². The molecule has 1 aliphatic rings. The summed E-state index contributed by atoms with van der Waals surface area (Å²) in [5.41, 5.74) is 2.29. The summed E-state index contributed by atoms with van der Waals surface area (Å²) in [6, 6.07) is 12.6. The Hall–Kier alpha value is -1.59. The van der Waals surface area contributed by atoms with Gasteiger partial charge in [-0.25, -0.2) is 8.42 Å². The SMILES string of the molecule is Cc1ccc(-c2cccc(CN(C)C3CCS(=O)(=O)CC3)c2)o1. The Bertz CT molecular complexity index is 765. The first-order chi connectivity index (χ1) is 10.9. The second-order valence-electron chi connectivity index (χ2n) is 6.41. The van der Waals surface area contributed by atoms with Crippen LogP contribution in [0.3, 0.4) is 0 Å². The molecule has 1 aliphatic heterocycles. The fourth-order valence-corrected chi connectivity index (χ4v) is 4.61. The summed E-state index contributed by atoms with van der Waals surface area (Å²) in [6.07, 6.45) is 1.46. The predicted octanol–water partition coefficient (Wildman–Crippen LogP) is 3.26. The van der Waals surface area contributed by atoms with Crippen LogP contribution in [0.2, 0.25) is 0 Å². The van der Waals surface area contributed by atoms with Gasteiger partial charge >= 0.3 is 0 Å². The Kier molecular flexibility index (Phi) is 4.60. The Labute approximate surface area is 138 Å². The van der Waals surface area contributed by atoms with E-state index < -0.39 is 9.84 Å². The van der Waals surface area contributed by atoms with Crippen molar-refractivity contribution < 1.29 is 12.8 Å². The van der Waals surface area contributed by atoms with Crippen LogP contribution in [-0.2, 0) is 16.4 Å². The maximum Gasteiger partial charge on any atom is 0.150 e. The molecule has 1 fully saturated rings. The van der Waals surface area contributed by atoms with E-state index in [2.05, 4.69) is 30.1 Å². The van der Waals surface area contributed by atoms with Crippen molar-refractivity contribution in [2.24, 2.45) is 0 Å². The first-order valence-electron chi connectivity index (χ1n) is 7.99. The minimum Gasteiger partial charge on any atom is -0.461 e. The van der Waals surface area contributed by atoms with Crippen molar-refractivity contribution in [3.8, 4) is 11.3 Å². The lowest BCUT2D eigenvalue weighted by molar-refractivity contribution is 0.218. The zero-order valence-electron chi connectivity index (χ0n) is 13.7. The third kappa shape index (κ3) is 4.03. The minimum atomic E-state index is -2.80. The lowest BCUT2D eigenvalue weighted by Crippen LogP contribution is -2.38. The molecule has 124 valence electrons. The summed E-state index contributed by atoms with van der Waals surface area (Å²) >= 11 is 0. The molecule has 1 aromatic heterocycles. The van der Waals surface area contributed by atoms with Crippen LogP contribution in [0.1, 0.15) is 24.2 Å². The molecule has 0 atom stereocenters. The van der Waals surface area contributed by atoms with Crippen LogP contribution in [0.25, 0.3) is 11.3 Å². The van der Waals surface area contributed by atoms with Crippen molar-refractivity contribution in [2.75, 3.05) is 18.6 Å². The molecule has 23 heavy (non-hydrogen) atoms. The van der Waals surface area contributed by atoms with E-state index in [-0.39, 0.29) is 0 Å². The molecule has 0 aliphatic carbocycles. The number of furan rings is 1. The third-order valence-corrected chi connectivity index (χ3v) is 6.25. The van der Waals surface area contributed by atoms with E-state index >= 15 is 0 Å². The summed E-state index contributed by atoms with van der Waals surface area (Å²) < 4.78 is 28.8. The van der Waals surface area contributed by atoms with Gasteiger partial charge in [-0.15, -0.1) is 0 Å². The molecule has 1 saturated heterocycles. The third-order valence-electron chi connectivity index (χ3n) is 4.53. The van der Waals surface area contributed by atoms with Crippen molar-refractivity contribution in [1.82, 2.24) is 4.90 Å². The normalized spacial score (nSPS) is 18.4. The van der Waals surface area contributed by atoms with Crippen molar-refractivity contribution >= 4 is 9.84 Å². The fourth-order valence-electron chi connectivity index (χ4n) is 3.15. The molecule has 0 N–H and O–H groups in total. The monoisotopic (exact) mass is 333 g/mol. The molecular formula is C18H23NO3S. The van der Waals surface area contributed by atoms with E-state index in [1.165, 1.54) is 5.56 Å². The highest BCUT2D eigenvalue weighted by Gasteiger charge is 2.26. The first kappa shape index (κ1) is 16.3. The summed E-state index contributed by atoms with van der Waals surface area (Å²) in [5, 5.41) is 0. The molecule has 3 rings (SSSR count). The molecular weight excluding hydrogens is 310 g/mol. The smallest absolute Gasteiger partial charge is 0.150 e. The van der Waals surface area contributed by atoms with Crippen LogP contribution in [0, 0.1) is 6.92 Å². The zero-order valence-corrected chi connectivity index (χ0v) is 14.5. The fraction of sp³-hybridized carbons (Fsp3) is 0.444. The Morgan fingerprint density at radius 3 is 2.57 bits per heavy atom. The van der Waals surface area contributed by atoms with Crippen molar-refractivity contribution in [3.63, 3.8) is 0 Å². The van der Waals surface area contributed by atoms with Gasteiger partial charge in [0, 0.05) is 18.2 Å². The topological polar surface area (TPSA) is 50.5 Å². The number of nitrogens with zero attached hydrogens (tertiary/aromatic N) is 1. The second kappa shape index (κ2) is 6.49. The maximum absolute atomic E-state index is 11.6. The van der Waals surface area contributed by atoms with E-state index in [0.717, 1.165) is 36.5 Å². The van der Waals surface area contributed by atoms with E-state index in [1.54, 1.807) is 0 Å². The molecule has 0 spiro atoms. The maximum atomic E-state index is 11.6. The Morgan fingerprint density at radius 1 is 1.17 bits per heavy atom. The quantitative estimate of drug-likeness (QED) is 0.862. The summed E-state index contributed by atoms with van der Waals surface area (Å²) in [6.45, 7) is 2.76. The largest absolute Gasteiger partial charge is 0.461 e. The van der Waals surface area contributed by atoms with Crippen LogP contribution in [0.5, 0.6) is 0 Å². The molecule has 5 heteroatoms. The molecule has 0 amide bonds. The summed E-state index contributed by atoms with van der Waals surface area (Å²) in [5.74, 6) is 2.42. The summed E-state index contributed by atoms with van der Waals surface area (Å²) in [4.78, 5) is 2.27. The van der Waals surface area contributed by atoms with E-state index in [9.17, 15) is 8.42 Å². The van der Waals surface area contributed by atoms with Crippen LogP contribution in [0.4, 0.5) is 0 Å². The molecule has 0 saturated carbocycles. The highest BCUT2D eigenvalue weighted by molar-refractivity contribution is 7.91. The number of rotatable bonds is 4. The molecule has 1 aromatic carbocycles. The van der Waals surface area contributed by atoms with E-state index in [4.69, 9.17) is 4.42 Å². The molecule has 0 radical (unpaired) electrons. The van der Waals surface area contributed by atoms with E-state index in [1.807, 2.05) is 25.1 Å². The number of sulfone groups is 1. The van der Waals surface area contributed by atoms with Crippen LogP contribution in [-0.4, -0.2) is 37.9 Å². The Balaban J connectivity index is 1.68. The van der Waals surface area contributed by atoms with Gasteiger partial charge in [-0.05, 0) is 50.6 Å². The molecule has 2 heterocycles. The zero-order chi connectivity index (χ0) is 16.4. The second-order valence-corrected chi connectivity index (χ2v) is 8.71. The minimum absolute atomic E-state index is 0.313. The summed E-state index contributed by atoms with van der Waals surface area (Å²) in [7, 11) is -0.726. The number of hydrogen-bond acceptors (Lipinski definition) is 4. The molecule has 0 unspecified atom stereocenters. The van der Waals surface area contributed by atoms with Gasteiger partial charge in [0.15, 0.2) is 0 Å². The molecule has 0 bridgehead atoms. The highest BCUT2D eigenvalue weighted by Crippen LogP contribution is 2.24.